The standard InChI is InChI=1S/C13H17N3O/c1-9(7-14)11-3-5-12(6-4-11)16-10(2)8-15-13(16)17/h3-6,8-9H,7,14H2,1-2H3,(H,15,17). The van der Waals surface area contributed by atoms with Crippen molar-refractivity contribution in [1.82, 2.24) is 9.55 Å². The molecule has 0 bridgehead atoms. The van der Waals surface area contributed by atoms with Crippen LogP contribution in [0.3, 0.4) is 0 Å². The number of hydrogen-bond donors (Lipinski definition) is 2. The van der Waals surface area contributed by atoms with E-state index in [2.05, 4.69) is 11.9 Å². The molecule has 1 unspecified atom stereocenters. The summed E-state index contributed by atoms with van der Waals surface area (Å²) in [6, 6.07) is 7.94. The Morgan fingerprint density at radius 3 is 2.47 bits per heavy atom. The molecule has 90 valence electrons. The van der Waals surface area contributed by atoms with Crippen LogP contribution in [0.2, 0.25) is 0 Å². The van der Waals surface area contributed by atoms with Crippen molar-refractivity contribution in [2.75, 3.05) is 6.54 Å². The first-order valence-corrected chi connectivity index (χ1v) is 5.71. The number of aryl methyl sites for hydroxylation is 1. The normalized spacial score (nSPS) is 12.6. The third kappa shape index (κ3) is 2.17. The zero-order valence-electron chi connectivity index (χ0n) is 10.1. The molecule has 0 saturated carbocycles. The van der Waals surface area contributed by atoms with E-state index in [4.69, 9.17) is 5.73 Å². The second-order valence-corrected chi connectivity index (χ2v) is 4.30. The first kappa shape index (κ1) is 11.7. The lowest BCUT2D eigenvalue weighted by atomic mass is 10.0. The largest absolute Gasteiger partial charge is 0.330 e. The summed E-state index contributed by atoms with van der Waals surface area (Å²) in [5.74, 6) is 0.341. The summed E-state index contributed by atoms with van der Waals surface area (Å²) in [6.45, 7) is 4.61. The fourth-order valence-corrected chi connectivity index (χ4v) is 1.86. The molecule has 3 N–H and O–H groups in total. The van der Waals surface area contributed by atoms with Gasteiger partial charge < -0.3 is 10.7 Å². The summed E-state index contributed by atoms with van der Waals surface area (Å²) in [5, 5.41) is 0. The molecule has 0 amide bonds. The highest BCUT2D eigenvalue weighted by atomic mass is 16.1. The van der Waals surface area contributed by atoms with Crippen molar-refractivity contribution in [2.45, 2.75) is 19.8 Å². The van der Waals surface area contributed by atoms with Crippen LogP contribution in [0.25, 0.3) is 5.69 Å². The van der Waals surface area contributed by atoms with E-state index in [1.54, 1.807) is 10.8 Å². The maximum absolute atomic E-state index is 11.6. The highest BCUT2D eigenvalue weighted by Gasteiger charge is 2.06. The number of nitrogens with one attached hydrogen (secondary N) is 1. The fourth-order valence-electron chi connectivity index (χ4n) is 1.86. The van der Waals surface area contributed by atoms with Gasteiger partial charge in [-0.3, -0.25) is 4.57 Å². The van der Waals surface area contributed by atoms with Gasteiger partial charge in [0.05, 0.1) is 5.69 Å². The molecule has 0 fully saturated rings. The van der Waals surface area contributed by atoms with Crippen LogP contribution in [0.4, 0.5) is 0 Å². The number of hydrogen-bond acceptors (Lipinski definition) is 2. The fraction of sp³-hybridized carbons (Fsp3) is 0.308. The number of aromatic nitrogens is 2. The SMILES string of the molecule is Cc1c[nH]c(=O)n1-c1ccc(C(C)CN)cc1. The molecule has 1 aromatic carbocycles. The van der Waals surface area contributed by atoms with Crippen LogP contribution in [0.15, 0.2) is 35.3 Å². The maximum Gasteiger partial charge on any atom is 0.330 e. The average Bonchev–Trinajstić information content (AvgIpc) is 2.68. The molecule has 2 aromatic rings. The van der Waals surface area contributed by atoms with E-state index in [-0.39, 0.29) is 5.69 Å². The van der Waals surface area contributed by atoms with Crippen molar-refractivity contribution in [3.05, 3.63) is 52.2 Å². The molecular weight excluding hydrogens is 214 g/mol. The number of nitrogens with two attached hydrogens (primary N) is 1. The van der Waals surface area contributed by atoms with Gasteiger partial charge in [0, 0.05) is 11.9 Å². The number of H-pyrrole nitrogens is 1. The Labute approximate surface area is 100 Å². The molecular formula is C13H17N3O. The second kappa shape index (κ2) is 4.59. The molecule has 4 nitrogen and oxygen atoms in total. The first-order valence-electron chi connectivity index (χ1n) is 5.71. The number of rotatable bonds is 3. The number of nitrogens with zero attached hydrogens (tertiary/aromatic N) is 1. The van der Waals surface area contributed by atoms with Gasteiger partial charge in [-0.2, -0.15) is 0 Å². The molecule has 0 radical (unpaired) electrons. The van der Waals surface area contributed by atoms with Gasteiger partial charge in [-0.25, -0.2) is 4.79 Å². The number of aromatic amines is 1. The highest BCUT2D eigenvalue weighted by molar-refractivity contribution is 5.37. The van der Waals surface area contributed by atoms with Crippen LogP contribution in [-0.2, 0) is 0 Å². The zero-order chi connectivity index (χ0) is 12.4. The molecule has 2 rings (SSSR count). The van der Waals surface area contributed by atoms with Crippen LogP contribution in [-0.4, -0.2) is 16.1 Å². The Hall–Kier alpha value is -1.81. The van der Waals surface area contributed by atoms with Gasteiger partial charge in [0.1, 0.15) is 0 Å². The second-order valence-electron chi connectivity index (χ2n) is 4.30. The van der Waals surface area contributed by atoms with Crippen molar-refractivity contribution in [2.24, 2.45) is 5.73 Å². The molecule has 0 spiro atoms. The van der Waals surface area contributed by atoms with Gasteiger partial charge in [0.25, 0.3) is 0 Å². The molecule has 1 aromatic heterocycles. The molecule has 0 aliphatic carbocycles. The average molecular weight is 231 g/mol. The highest BCUT2D eigenvalue weighted by Crippen LogP contribution is 2.16. The van der Waals surface area contributed by atoms with E-state index >= 15 is 0 Å². The summed E-state index contributed by atoms with van der Waals surface area (Å²) < 4.78 is 1.65. The summed E-state index contributed by atoms with van der Waals surface area (Å²) in [7, 11) is 0. The number of benzene rings is 1. The molecule has 4 heteroatoms. The van der Waals surface area contributed by atoms with Crippen molar-refractivity contribution >= 4 is 0 Å². The van der Waals surface area contributed by atoms with Crippen LogP contribution in [0.1, 0.15) is 24.1 Å². The van der Waals surface area contributed by atoms with E-state index in [9.17, 15) is 4.79 Å². The van der Waals surface area contributed by atoms with E-state index in [1.807, 2.05) is 31.2 Å². The van der Waals surface area contributed by atoms with Crippen molar-refractivity contribution < 1.29 is 0 Å². The minimum atomic E-state index is -0.109. The van der Waals surface area contributed by atoms with Gasteiger partial charge in [0.15, 0.2) is 0 Å². The predicted molar refractivity (Wildman–Crippen MR) is 68.6 cm³/mol. The summed E-state index contributed by atoms with van der Waals surface area (Å²) in [4.78, 5) is 14.3. The maximum atomic E-state index is 11.6. The summed E-state index contributed by atoms with van der Waals surface area (Å²) >= 11 is 0. The zero-order valence-corrected chi connectivity index (χ0v) is 10.1. The molecule has 1 atom stereocenters. The Morgan fingerprint density at radius 1 is 1.35 bits per heavy atom. The van der Waals surface area contributed by atoms with Crippen LogP contribution >= 0.6 is 0 Å². The van der Waals surface area contributed by atoms with E-state index in [0.717, 1.165) is 11.4 Å². The lowest BCUT2D eigenvalue weighted by Gasteiger charge is -2.10. The Bertz CT molecular complexity index is 551. The van der Waals surface area contributed by atoms with Gasteiger partial charge in [-0.05, 0) is 37.1 Å². The minimum Gasteiger partial charge on any atom is -0.330 e. The van der Waals surface area contributed by atoms with Gasteiger partial charge in [0.2, 0.25) is 0 Å². The third-order valence-corrected chi connectivity index (χ3v) is 3.03. The predicted octanol–water partition coefficient (Wildman–Crippen LogP) is 1.54. The van der Waals surface area contributed by atoms with E-state index < -0.39 is 0 Å². The summed E-state index contributed by atoms with van der Waals surface area (Å²) in [5.41, 5.74) is 8.48. The Kier molecular flexibility index (Phi) is 3.15. The van der Waals surface area contributed by atoms with Crippen molar-refractivity contribution in [3.63, 3.8) is 0 Å². The van der Waals surface area contributed by atoms with Crippen molar-refractivity contribution in [3.8, 4) is 5.69 Å². The lowest BCUT2D eigenvalue weighted by molar-refractivity contribution is 0.773. The van der Waals surface area contributed by atoms with Gasteiger partial charge in [-0.1, -0.05) is 19.1 Å². The molecule has 1 heterocycles. The van der Waals surface area contributed by atoms with Crippen LogP contribution in [0.5, 0.6) is 0 Å². The Morgan fingerprint density at radius 2 is 2.00 bits per heavy atom. The molecule has 0 aliphatic heterocycles. The van der Waals surface area contributed by atoms with Gasteiger partial charge >= 0.3 is 5.69 Å². The topological polar surface area (TPSA) is 63.8 Å². The Balaban J connectivity index is 2.39. The van der Waals surface area contributed by atoms with Crippen molar-refractivity contribution in [1.29, 1.82) is 0 Å². The number of imidazole rings is 1. The third-order valence-electron chi connectivity index (χ3n) is 3.03. The quantitative estimate of drug-likeness (QED) is 0.841. The monoisotopic (exact) mass is 231 g/mol. The molecule has 0 saturated heterocycles. The first-order chi connectivity index (χ1) is 8.13. The van der Waals surface area contributed by atoms with E-state index in [1.165, 1.54) is 5.56 Å². The lowest BCUT2D eigenvalue weighted by Crippen LogP contribution is -2.16. The summed E-state index contributed by atoms with van der Waals surface area (Å²) in [6.07, 6.45) is 1.71. The molecule has 0 aliphatic rings. The molecule has 17 heavy (non-hydrogen) atoms. The minimum absolute atomic E-state index is 0.109. The van der Waals surface area contributed by atoms with Crippen LogP contribution in [0, 0.1) is 6.92 Å². The van der Waals surface area contributed by atoms with Crippen LogP contribution < -0.4 is 11.4 Å². The smallest absolute Gasteiger partial charge is 0.330 e. The van der Waals surface area contributed by atoms with Gasteiger partial charge in [-0.15, -0.1) is 0 Å². The van der Waals surface area contributed by atoms with E-state index in [0.29, 0.717) is 12.5 Å².